The molecule has 0 spiro atoms. The normalized spacial score (nSPS) is 10.9. The lowest BCUT2D eigenvalue weighted by atomic mass is 10.1. The van der Waals surface area contributed by atoms with Crippen LogP contribution in [0, 0.1) is 0 Å². The first kappa shape index (κ1) is 23.4. The van der Waals surface area contributed by atoms with E-state index in [0.29, 0.717) is 12.4 Å². The van der Waals surface area contributed by atoms with Crippen molar-refractivity contribution < 1.29 is 23.8 Å². The van der Waals surface area contributed by atoms with Gasteiger partial charge in [-0.3, -0.25) is 0 Å². The highest BCUT2D eigenvalue weighted by molar-refractivity contribution is 5.93. The Hall–Kier alpha value is -3.28. The second-order valence-corrected chi connectivity index (χ2v) is 7.80. The molecule has 0 unspecified atom stereocenters. The van der Waals surface area contributed by atoms with Gasteiger partial charge in [-0.05, 0) is 30.7 Å². The van der Waals surface area contributed by atoms with Gasteiger partial charge in [0.2, 0.25) is 0 Å². The maximum atomic E-state index is 12.3. The van der Waals surface area contributed by atoms with Gasteiger partial charge < -0.3 is 19.0 Å². The zero-order valence-corrected chi connectivity index (χ0v) is 18.5. The molecule has 1 N–H and O–H groups in total. The molecule has 0 amide bonds. The van der Waals surface area contributed by atoms with Crippen LogP contribution in [-0.4, -0.2) is 17.7 Å². The van der Waals surface area contributed by atoms with Crippen LogP contribution >= 0.6 is 0 Å². The topological polar surface area (TPSA) is 86.0 Å². The number of esters is 1. The van der Waals surface area contributed by atoms with Gasteiger partial charge in [0, 0.05) is 6.07 Å². The van der Waals surface area contributed by atoms with Gasteiger partial charge in [-0.2, -0.15) is 0 Å². The van der Waals surface area contributed by atoms with E-state index in [0.717, 1.165) is 12.8 Å². The summed E-state index contributed by atoms with van der Waals surface area (Å²) in [6, 6.07) is 13.0. The van der Waals surface area contributed by atoms with E-state index in [1.807, 2.05) is 0 Å². The van der Waals surface area contributed by atoms with Gasteiger partial charge in [0.15, 0.2) is 5.75 Å². The predicted molar refractivity (Wildman–Crippen MR) is 124 cm³/mol. The summed E-state index contributed by atoms with van der Waals surface area (Å²) in [5, 5.41) is 10.8. The fourth-order valence-corrected chi connectivity index (χ4v) is 3.48. The summed E-state index contributed by atoms with van der Waals surface area (Å²) in [4.78, 5) is 24.5. The van der Waals surface area contributed by atoms with Gasteiger partial charge in [-0.1, -0.05) is 70.1 Å². The zero-order chi connectivity index (χ0) is 22.8. The van der Waals surface area contributed by atoms with Crippen molar-refractivity contribution in [1.29, 1.82) is 0 Å². The van der Waals surface area contributed by atoms with Gasteiger partial charge in [-0.15, -0.1) is 0 Å². The molecule has 1 aromatic heterocycles. The third kappa shape index (κ3) is 6.36. The highest BCUT2D eigenvalue weighted by atomic mass is 16.6. The first-order valence-electron chi connectivity index (χ1n) is 11.3. The Kier molecular flexibility index (Phi) is 8.72. The number of unbranched alkanes of at least 4 members (excludes halogenated alkanes) is 7. The summed E-state index contributed by atoms with van der Waals surface area (Å²) < 4.78 is 16.1. The Morgan fingerprint density at radius 3 is 2.34 bits per heavy atom. The summed E-state index contributed by atoms with van der Waals surface area (Å²) in [6.07, 6.45) is 9.72. The van der Waals surface area contributed by atoms with Crippen molar-refractivity contribution in [2.24, 2.45) is 0 Å². The van der Waals surface area contributed by atoms with E-state index in [9.17, 15) is 14.7 Å². The second kappa shape index (κ2) is 11.9. The molecule has 0 saturated carbocycles. The first-order chi connectivity index (χ1) is 15.6. The molecule has 0 aliphatic carbocycles. The number of hydrogen-bond acceptors (Lipinski definition) is 6. The Balaban J connectivity index is 1.58. The van der Waals surface area contributed by atoms with E-state index in [-0.39, 0.29) is 16.5 Å². The van der Waals surface area contributed by atoms with Crippen LogP contribution in [0.15, 0.2) is 57.7 Å². The van der Waals surface area contributed by atoms with Gasteiger partial charge in [0.05, 0.1) is 17.6 Å². The highest BCUT2D eigenvalue weighted by Crippen LogP contribution is 2.33. The second-order valence-electron chi connectivity index (χ2n) is 7.80. The summed E-state index contributed by atoms with van der Waals surface area (Å²) in [5.74, 6) is -1.16. The van der Waals surface area contributed by atoms with Crippen LogP contribution in [0.1, 0.15) is 68.6 Å². The molecule has 1 heterocycles. The Morgan fingerprint density at radius 1 is 0.938 bits per heavy atom. The minimum atomic E-state index is -0.931. The number of fused-ring (bicyclic) bond motifs is 1. The fraction of sp³-hybridized carbons (Fsp3) is 0.385. The van der Waals surface area contributed by atoms with Crippen molar-refractivity contribution in [3.8, 4) is 17.2 Å². The molecule has 0 aliphatic rings. The summed E-state index contributed by atoms with van der Waals surface area (Å²) in [5.41, 5.74) is -0.504. The van der Waals surface area contributed by atoms with E-state index in [1.165, 1.54) is 38.5 Å². The summed E-state index contributed by atoms with van der Waals surface area (Å²) >= 11 is 0. The molecule has 0 aliphatic heterocycles. The van der Waals surface area contributed by atoms with E-state index in [1.54, 1.807) is 48.5 Å². The molecule has 32 heavy (non-hydrogen) atoms. The first-order valence-corrected chi connectivity index (χ1v) is 11.3. The van der Waals surface area contributed by atoms with E-state index in [4.69, 9.17) is 13.9 Å². The molecule has 0 bridgehead atoms. The lowest BCUT2D eigenvalue weighted by Crippen LogP contribution is -2.14. The van der Waals surface area contributed by atoms with Crippen LogP contribution in [0.3, 0.4) is 0 Å². The summed E-state index contributed by atoms with van der Waals surface area (Å²) in [6.45, 7) is 2.79. The molecule has 170 valence electrons. The molecule has 0 radical (unpaired) electrons. The van der Waals surface area contributed by atoms with Crippen molar-refractivity contribution in [3.05, 3.63) is 64.5 Å². The number of carbonyl (C=O) groups is 1. The molecular weight excluding hydrogens is 408 g/mol. The van der Waals surface area contributed by atoms with Gasteiger partial charge in [-0.25, -0.2) is 9.59 Å². The van der Waals surface area contributed by atoms with Gasteiger partial charge in [0.25, 0.3) is 5.75 Å². The highest BCUT2D eigenvalue weighted by Gasteiger charge is 2.20. The molecule has 6 heteroatoms. The average Bonchev–Trinajstić information content (AvgIpc) is 2.81. The zero-order valence-electron chi connectivity index (χ0n) is 18.5. The van der Waals surface area contributed by atoms with E-state index < -0.39 is 23.1 Å². The molecule has 0 saturated heterocycles. The predicted octanol–water partition coefficient (Wildman–Crippen LogP) is 6.24. The number of rotatable bonds is 12. The van der Waals surface area contributed by atoms with Crippen molar-refractivity contribution in [1.82, 2.24) is 0 Å². The summed E-state index contributed by atoms with van der Waals surface area (Å²) in [7, 11) is 0. The van der Waals surface area contributed by atoms with Crippen molar-refractivity contribution in [2.45, 2.75) is 58.3 Å². The molecule has 0 fully saturated rings. The van der Waals surface area contributed by atoms with Crippen LogP contribution in [0.25, 0.3) is 11.0 Å². The number of hydrogen-bond donors (Lipinski definition) is 1. The Labute approximate surface area is 187 Å². The van der Waals surface area contributed by atoms with Crippen LogP contribution < -0.4 is 15.1 Å². The fourth-order valence-electron chi connectivity index (χ4n) is 3.48. The van der Waals surface area contributed by atoms with Gasteiger partial charge in [0.1, 0.15) is 11.3 Å². The van der Waals surface area contributed by atoms with E-state index >= 15 is 0 Å². The molecule has 6 nitrogen and oxygen atoms in total. The third-order valence-corrected chi connectivity index (χ3v) is 5.28. The smallest absolute Gasteiger partial charge is 0.383 e. The van der Waals surface area contributed by atoms with Crippen molar-refractivity contribution >= 4 is 16.9 Å². The maximum Gasteiger partial charge on any atom is 0.383 e. The monoisotopic (exact) mass is 438 g/mol. The molecule has 2 aromatic carbocycles. The molecular formula is C26H30O6. The van der Waals surface area contributed by atoms with Crippen LogP contribution in [0.5, 0.6) is 17.2 Å². The number of carbonyl (C=O) groups excluding carboxylic acids is 1. The molecule has 0 atom stereocenters. The molecule has 3 rings (SSSR count). The van der Waals surface area contributed by atoms with Crippen molar-refractivity contribution in [2.75, 3.05) is 6.61 Å². The minimum absolute atomic E-state index is 0.167. The van der Waals surface area contributed by atoms with Crippen LogP contribution in [0.2, 0.25) is 0 Å². The average molecular weight is 439 g/mol. The maximum absolute atomic E-state index is 12.3. The number of benzene rings is 2. The number of ether oxygens (including phenoxy) is 2. The lowest BCUT2D eigenvalue weighted by Gasteiger charge is -2.09. The third-order valence-electron chi connectivity index (χ3n) is 5.28. The number of aromatic hydroxyl groups is 1. The van der Waals surface area contributed by atoms with Crippen LogP contribution in [-0.2, 0) is 0 Å². The Bertz CT molecular complexity index is 1070. The standard InChI is InChI=1S/C26H30O6/c1-2-3-4-5-6-7-8-12-17-30-20-15-16-21-22(18-20)31-26(29)24(23(21)27)32-25(28)19-13-10-9-11-14-19/h9-11,13-16,18,27H,2-8,12,17H2,1H3. The Morgan fingerprint density at radius 2 is 1.62 bits per heavy atom. The SMILES string of the molecule is CCCCCCCCCCOc1ccc2c(O)c(OC(=O)c3ccccc3)c(=O)oc2c1. The largest absolute Gasteiger partial charge is 0.504 e. The quantitative estimate of drug-likeness (QED) is 0.205. The van der Waals surface area contributed by atoms with Crippen LogP contribution in [0.4, 0.5) is 0 Å². The minimum Gasteiger partial charge on any atom is -0.504 e. The lowest BCUT2D eigenvalue weighted by molar-refractivity contribution is 0.0723. The van der Waals surface area contributed by atoms with Crippen molar-refractivity contribution in [3.63, 3.8) is 0 Å². The van der Waals surface area contributed by atoms with E-state index in [2.05, 4.69) is 6.92 Å². The van der Waals surface area contributed by atoms with Gasteiger partial charge >= 0.3 is 11.6 Å². The molecule has 3 aromatic rings.